The van der Waals surface area contributed by atoms with Gasteiger partial charge < -0.3 is 5.32 Å². The highest BCUT2D eigenvalue weighted by atomic mass is 32.1. The van der Waals surface area contributed by atoms with Crippen molar-refractivity contribution in [1.29, 1.82) is 0 Å². The second-order valence-corrected chi connectivity index (χ2v) is 3.93. The standard InChI is InChI=1S/C8H14N2S/c1-5(9-4)8-6(2)10-7(3)11-8/h5,9H,1-4H3/t5-/m1/s1. The molecule has 0 aliphatic heterocycles. The number of hydrogen-bond acceptors (Lipinski definition) is 3. The van der Waals surface area contributed by atoms with Crippen LogP contribution in [0.4, 0.5) is 0 Å². The summed E-state index contributed by atoms with van der Waals surface area (Å²) in [4.78, 5) is 5.71. The van der Waals surface area contributed by atoms with Crippen molar-refractivity contribution in [3.8, 4) is 0 Å². The molecule has 0 saturated heterocycles. The van der Waals surface area contributed by atoms with Gasteiger partial charge in [-0.2, -0.15) is 0 Å². The van der Waals surface area contributed by atoms with E-state index in [1.165, 1.54) is 4.88 Å². The third kappa shape index (κ3) is 1.79. The molecule has 0 aliphatic rings. The Morgan fingerprint density at radius 2 is 2.09 bits per heavy atom. The topological polar surface area (TPSA) is 24.9 Å². The van der Waals surface area contributed by atoms with Crippen LogP contribution < -0.4 is 5.32 Å². The van der Waals surface area contributed by atoms with Crippen LogP contribution in [-0.4, -0.2) is 12.0 Å². The zero-order valence-corrected chi connectivity index (χ0v) is 8.25. The van der Waals surface area contributed by atoms with Crippen molar-refractivity contribution in [3.05, 3.63) is 15.6 Å². The van der Waals surface area contributed by atoms with Gasteiger partial charge in [-0.3, -0.25) is 0 Å². The SMILES string of the molecule is CN[C@H](C)c1sc(C)nc1C. The highest BCUT2D eigenvalue weighted by molar-refractivity contribution is 7.11. The molecule has 1 rings (SSSR count). The molecule has 0 bridgehead atoms. The fourth-order valence-electron chi connectivity index (χ4n) is 1.08. The molecule has 1 aromatic heterocycles. The van der Waals surface area contributed by atoms with Crippen molar-refractivity contribution < 1.29 is 0 Å². The predicted molar refractivity (Wildman–Crippen MR) is 49.1 cm³/mol. The van der Waals surface area contributed by atoms with E-state index >= 15 is 0 Å². The molecule has 0 aliphatic carbocycles. The Hall–Kier alpha value is -0.410. The van der Waals surface area contributed by atoms with Crippen molar-refractivity contribution in [2.75, 3.05) is 7.05 Å². The van der Waals surface area contributed by atoms with E-state index in [1.807, 2.05) is 14.0 Å². The summed E-state index contributed by atoms with van der Waals surface area (Å²) < 4.78 is 0. The van der Waals surface area contributed by atoms with E-state index in [0.717, 1.165) is 10.7 Å². The van der Waals surface area contributed by atoms with Crippen LogP contribution in [-0.2, 0) is 0 Å². The fourth-order valence-corrected chi connectivity index (χ4v) is 2.07. The summed E-state index contributed by atoms with van der Waals surface area (Å²) in [5, 5.41) is 4.36. The van der Waals surface area contributed by atoms with E-state index in [1.54, 1.807) is 11.3 Å². The first-order chi connectivity index (χ1) is 5.15. The summed E-state index contributed by atoms with van der Waals surface area (Å²) in [5.41, 5.74) is 1.16. The van der Waals surface area contributed by atoms with Crippen LogP contribution in [0.25, 0.3) is 0 Å². The van der Waals surface area contributed by atoms with E-state index < -0.39 is 0 Å². The zero-order valence-electron chi connectivity index (χ0n) is 7.43. The number of nitrogens with one attached hydrogen (secondary N) is 1. The second-order valence-electron chi connectivity index (χ2n) is 2.69. The van der Waals surface area contributed by atoms with Gasteiger partial charge in [0.05, 0.1) is 10.7 Å². The predicted octanol–water partition coefficient (Wildman–Crippen LogP) is 2.04. The van der Waals surface area contributed by atoms with Gasteiger partial charge in [0.1, 0.15) is 0 Å². The lowest BCUT2D eigenvalue weighted by Crippen LogP contribution is -2.11. The lowest BCUT2D eigenvalue weighted by Gasteiger charge is -2.06. The summed E-state index contributed by atoms with van der Waals surface area (Å²) >= 11 is 1.77. The Morgan fingerprint density at radius 1 is 1.45 bits per heavy atom. The van der Waals surface area contributed by atoms with Crippen LogP contribution in [0.2, 0.25) is 0 Å². The maximum atomic E-state index is 4.36. The summed E-state index contributed by atoms with van der Waals surface area (Å²) in [5.74, 6) is 0. The molecule has 1 aromatic rings. The van der Waals surface area contributed by atoms with Crippen molar-refractivity contribution >= 4 is 11.3 Å². The molecular weight excluding hydrogens is 156 g/mol. The molecule has 0 amide bonds. The van der Waals surface area contributed by atoms with Crippen molar-refractivity contribution in [2.24, 2.45) is 0 Å². The highest BCUT2D eigenvalue weighted by Crippen LogP contribution is 2.23. The van der Waals surface area contributed by atoms with E-state index in [2.05, 4.69) is 24.1 Å². The van der Waals surface area contributed by atoms with Gasteiger partial charge in [-0.1, -0.05) is 0 Å². The lowest BCUT2D eigenvalue weighted by molar-refractivity contribution is 0.658. The molecule has 62 valence electrons. The molecular formula is C8H14N2S. The van der Waals surface area contributed by atoms with Crippen LogP contribution in [0, 0.1) is 13.8 Å². The molecule has 0 spiro atoms. The normalized spacial score (nSPS) is 13.5. The molecule has 0 aromatic carbocycles. The smallest absolute Gasteiger partial charge is 0.0900 e. The number of rotatable bonds is 2. The van der Waals surface area contributed by atoms with Gasteiger partial charge in [-0.15, -0.1) is 11.3 Å². The average Bonchev–Trinajstić information content (AvgIpc) is 2.28. The van der Waals surface area contributed by atoms with Crippen LogP contribution in [0.15, 0.2) is 0 Å². The van der Waals surface area contributed by atoms with E-state index in [0.29, 0.717) is 6.04 Å². The highest BCUT2D eigenvalue weighted by Gasteiger charge is 2.09. The Kier molecular flexibility index (Phi) is 2.62. The van der Waals surface area contributed by atoms with Crippen LogP contribution >= 0.6 is 11.3 Å². The van der Waals surface area contributed by atoms with Crippen LogP contribution in [0.3, 0.4) is 0 Å². The van der Waals surface area contributed by atoms with E-state index in [4.69, 9.17) is 0 Å². The number of aryl methyl sites for hydroxylation is 2. The first-order valence-electron chi connectivity index (χ1n) is 3.76. The maximum Gasteiger partial charge on any atom is 0.0900 e. The molecule has 0 radical (unpaired) electrons. The van der Waals surface area contributed by atoms with Crippen LogP contribution in [0.1, 0.15) is 28.5 Å². The average molecular weight is 170 g/mol. The summed E-state index contributed by atoms with van der Waals surface area (Å²) in [6.07, 6.45) is 0. The Bertz CT molecular complexity index is 242. The quantitative estimate of drug-likeness (QED) is 0.734. The molecule has 1 N–H and O–H groups in total. The van der Waals surface area contributed by atoms with Gasteiger partial charge in [0, 0.05) is 10.9 Å². The third-order valence-corrected chi connectivity index (χ3v) is 3.02. The molecule has 0 fully saturated rings. The summed E-state index contributed by atoms with van der Waals surface area (Å²) in [7, 11) is 1.97. The molecule has 1 heterocycles. The molecule has 2 nitrogen and oxygen atoms in total. The monoisotopic (exact) mass is 170 g/mol. The Labute approximate surface area is 71.7 Å². The third-order valence-electron chi connectivity index (χ3n) is 1.77. The van der Waals surface area contributed by atoms with Gasteiger partial charge in [0.25, 0.3) is 0 Å². The molecule has 0 saturated carbocycles. The minimum absolute atomic E-state index is 0.432. The van der Waals surface area contributed by atoms with Gasteiger partial charge in [-0.05, 0) is 27.8 Å². The van der Waals surface area contributed by atoms with Crippen molar-refractivity contribution in [3.63, 3.8) is 0 Å². The Balaban J connectivity index is 2.93. The maximum absolute atomic E-state index is 4.36. The van der Waals surface area contributed by atoms with Gasteiger partial charge in [-0.25, -0.2) is 4.98 Å². The van der Waals surface area contributed by atoms with E-state index in [-0.39, 0.29) is 0 Å². The fraction of sp³-hybridized carbons (Fsp3) is 0.625. The molecule has 3 heteroatoms. The molecule has 1 atom stereocenters. The van der Waals surface area contributed by atoms with Crippen molar-refractivity contribution in [2.45, 2.75) is 26.8 Å². The largest absolute Gasteiger partial charge is 0.312 e. The lowest BCUT2D eigenvalue weighted by atomic mass is 10.2. The van der Waals surface area contributed by atoms with Crippen molar-refractivity contribution in [1.82, 2.24) is 10.3 Å². The minimum atomic E-state index is 0.432. The number of hydrogen-bond donors (Lipinski definition) is 1. The zero-order chi connectivity index (χ0) is 8.43. The van der Waals surface area contributed by atoms with Gasteiger partial charge >= 0.3 is 0 Å². The number of aromatic nitrogens is 1. The van der Waals surface area contributed by atoms with Crippen LogP contribution in [0.5, 0.6) is 0 Å². The number of thiazole rings is 1. The second kappa shape index (κ2) is 3.32. The van der Waals surface area contributed by atoms with Gasteiger partial charge in [0.2, 0.25) is 0 Å². The number of nitrogens with zero attached hydrogens (tertiary/aromatic N) is 1. The first-order valence-corrected chi connectivity index (χ1v) is 4.58. The van der Waals surface area contributed by atoms with E-state index in [9.17, 15) is 0 Å². The Morgan fingerprint density at radius 3 is 2.45 bits per heavy atom. The van der Waals surface area contributed by atoms with Gasteiger partial charge in [0.15, 0.2) is 0 Å². The molecule has 0 unspecified atom stereocenters. The summed E-state index contributed by atoms with van der Waals surface area (Å²) in [6, 6.07) is 0.432. The first kappa shape index (κ1) is 8.68. The molecule has 11 heavy (non-hydrogen) atoms. The summed E-state index contributed by atoms with van der Waals surface area (Å²) in [6.45, 7) is 6.26. The minimum Gasteiger partial charge on any atom is -0.312 e.